The van der Waals surface area contributed by atoms with Crippen LogP contribution in [0.5, 0.6) is 0 Å². The summed E-state index contributed by atoms with van der Waals surface area (Å²) in [4.78, 5) is 22.9. The van der Waals surface area contributed by atoms with Crippen molar-refractivity contribution in [2.24, 2.45) is 0 Å². The Labute approximate surface area is 231 Å². The Kier molecular flexibility index (Phi) is 6.07. The summed E-state index contributed by atoms with van der Waals surface area (Å²) >= 11 is 0. The van der Waals surface area contributed by atoms with E-state index in [1.54, 1.807) is 12.5 Å². The predicted octanol–water partition coefficient (Wildman–Crippen LogP) is 8.15. The van der Waals surface area contributed by atoms with Crippen molar-refractivity contribution in [2.45, 2.75) is 0 Å². The molecule has 0 bridgehead atoms. The molecule has 0 aliphatic heterocycles. The normalized spacial score (nSPS) is 11.0. The molecule has 40 heavy (non-hydrogen) atoms. The van der Waals surface area contributed by atoms with Crippen LogP contribution < -0.4 is 0 Å². The lowest BCUT2D eigenvalue weighted by molar-refractivity contribution is 1.07. The molecule has 188 valence electrons. The first kappa shape index (κ1) is 23.6. The van der Waals surface area contributed by atoms with Crippen LogP contribution in [0.3, 0.4) is 0 Å². The average molecular weight is 514 g/mol. The summed E-state index contributed by atoms with van der Waals surface area (Å²) in [5, 5.41) is 2.35. The van der Waals surface area contributed by atoms with Crippen LogP contribution in [0.25, 0.3) is 67.3 Å². The number of hydrogen-bond donors (Lipinski definition) is 0. The second-order valence-electron chi connectivity index (χ2n) is 9.49. The lowest BCUT2D eigenvalue weighted by atomic mass is 9.98. The highest BCUT2D eigenvalue weighted by molar-refractivity contribution is 5.90. The van der Waals surface area contributed by atoms with Crippen molar-refractivity contribution in [3.05, 3.63) is 140 Å². The van der Waals surface area contributed by atoms with Crippen molar-refractivity contribution in [3.8, 4) is 56.5 Å². The van der Waals surface area contributed by atoms with Gasteiger partial charge < -0.3 is 0 Å². The molecular weight excluding hydrogens is 490 g/mol. The SMILES string of the molecule is c1ccc(-c2nc(-c3ccccc3)nc(-c3ccc(-c4ccc5ccc(-c6ccncn6)cc5c4)cc3)n2)cc1. The summed E-state index contributed by atoms with van der Waals surface area (Å²) in [6, 6.07) is 43.3. The van der Waals surface area contributed by atoms with Crippen LogP contribution in [-0.4, -0.2) is 24.9 Å². The van der Waals surface area contributed by atoms with Crippen molar-refractivity contribution in [1.82, 2.24) is 24.9 Å². The maximum Gasteiger partial charge on any atom is 0.164 e. The molecule has 0 saturated carbocycles. The number of nitrogens with zero attached hydrogens (tertiary/aromatic N) is 5. The minimum absolute atomic E-state index is 0.646. The molecule has 0 N–H and O–H groups in total. The van der Waals surface area contributed by atoms with Gasteiger partial charge in [0.2, 0.25) is 0 Å². The van der Waals surface area contributed by atoms with Crippen LogP contribution >= 0.6 is 0 Å². The molecule has 0 saturated heterocycles. The van der Waals surface area contributed by atoms with Crippen LogP contribution in [0.2, 0.25) is 0 Å². The van der Waals surface area contributed by atoms with E-state index >= 15 is 0 Å². The van der Waals surface area contributed by atoms with E-state index in [2.05, 4.69) is 70.6 Å². The van der Waals surface area contributed by atoms with Crippen molar-refractivity contribution in [3.63, 3.8) is 0 Å². The van der Waals surface area contributed by atoms with E-state index in [-0.39, 0.29) is 0 Å². The zero-order valence-electron chi connectivity index (χ0n) is 21.5. The first-order valence-electron chi connectivity index (χ1n) is 13.1. The molecule has 5 aromatic carbocycles. The van der Waals surface area contributed by atoms with Gasteiger partial charge in [-0.25, -0.2) is 24.9 Å². The van der Waals surface area contributed by atoms with Crippen LogP contribution in [0.1, 0.15) is 0 Å². The summed E-state index contributed by atoms with van der Waals surface area (Å²) < 4.78 is 0. The van der Waals surface area contributed by atoms with Gasteiger partial charge in [0.15, 0.2) is 17.5 Å². The lowest BCUT2D eigenvalue weighted by Gasteiger charge is -2.10. The van der Waals surface area contributed by atoms with Gasteiger partial charge in [0.25, 0.3) is 0 Å². The summed E-state index contributed by atoms with van der Waals surface area (Å²) in [5.74, 6) is 1.96. The van der Waals surface area contributed by atoms with E-state index in [1.165, 1.54) is 5.39 Å². The molecule has 0 aliphatic carbocycles. The summed E-state index contributed by atoms with van der Waals surface area (Å²) in [7, 11) is 0. The van der Waals surface area contributed by atoms with Gasteiger partial charge in [-0.1, -0.05) is 109 Å². The number of benzene rings is 5. The monoisotopic (exact) mass is 513 g/mol. The second-order valence-corrected chi connectivity index (χ2v) is 9.49. The number of rotatable bonds is 5. The molecule has 0 spiro atoms. The molecule has 2 heterocycles. The minimum atomic E-state index is 0.646. The van der Waals surface area contributed by atoms with E-state index in [0.717, 1.165) is 44.5 Å². The first-order valence-corrected chi connectivity index (χ1v) is 13.1. The van der Waals surface area contributed by atoms with Gasteiger partial charge in [-0.15, -0.1) is 0 Å². The van der Waals surface area contributed by atoms with Gasteiger partial charge in [-0.3, -0.25) is 0 Å². The van der Waals surface area contributed by atoms with Crippen LogP contribution in [-0.2, 0) is 0 Å². The van der Waals surface area contributed by atoms with E-state index < -0.39 is 0 Å². The number of aromatic nitrogens is 5. The molecule has 0 amide bonds. The molecule has 7 rings (SSSR count). The third kappa shape index (κ3) is 4.72. The fourth-order valence-electron chi connectivity index (χ4n) is 4.80. The highest BCUT2D eigenvalue weighted by Gasteiger charge is 2.12. The fraction of sp³-hybridized carbons (Fsp3) is 0. The number of hydrogen-bond acceptors (Lipinski definition) is 5. The van der Waals surface area contributed by atoms with Crippen molar-refractivity contribution >= 4 is 10.8 Å². The molecule has 2 aromatic heterocycles. The predicted molar refractivity (Wildman–Crippen MR) is 160 cm³/mol. The third-order valence-electron chi connectivity index (χ3n) is 6.89. The summed E-state index contributed by atoms with van der Waals surface area (Å²) in [6.07, 6.45) is 3.35. The van der Waals surface area contributed by atoms with Crippen molar-refractivity contribution in [2.75, 3.05) is 0 Å². The Balaban J connectivity index is 1.26. The quantitative estimate of drug-likeness (QED) is 0.232. The zero-order valence-corrected chi connectivity index (χ0v) is 21.5. The Bertz CT molecular complexity index is 1860. The smallest absolute Gasteiger partial charge is 0.164 e. The largest absolute Gasteiger partial charge is 0.245 e. The molecule has 7 aromatic rings. The Morgan fingerprint density at radius 1 is 0.375 bits per heavy atom. The number of fused-ring (bicyclic) bond motifs is 1. The Morgan fingerprint density at radius 3 is 1.45 bits per heavy atom. The van der Waals surface area contributed by atoms with Gasteiger partial charge >= 0.3 is 0 Å². The van der Waals surface area contributed by atoms with E-state index in [9.17, 15) is 0 Å². The first-order chi connectivity index (χ1) is 19.8. The van der Waals surface area contributed by atoms with Gasteiger partial charge in [0.05, 0.1) is 5.69 Å². The highest BCUT2D eigenvalue weighted by atomic mass is 15.0. The third-order valence-corrected chi connectivity index (χ3v) is 6.89. The van der Waals surface area contributed by atoms with Crippen molar-refractivity contribution in [1.29, 1.82) is 0 Å². The van der Waals surface area contributed by atoms with Crippen LogP contribution in [0, 0.1) is 0 Å². The second kappa shape index (κ2) is 10.3. The molecule has 5 nitrogen and oxygen atoms in total. The fourth-order valence-corrected chi connectivity index (χ4v) is 4.80. The highest BCUT2D eigenvalue weighted by Crippen LogP contribution is 2.30. The minimum Gasteiger partial charge on any atom is -0.245 e. The lowest BCUT2D eigenvalue weighted by Crippen LogP contribution is -2.00. The van der Waals surface area contributed by atoms with E-state index in [1.807, 2.05) is 66.7 Å². The maximum atomic E-state index is 4.85. The molecule has 5 heteroatoms. The van der Waals surface area contributed by atoms with Crippen LogP contribution in [0.4, 0.5) is 0 Å². The van der Waals surface area contributed by atoms with Gasteiger partial charge in [-0.05, 0) is 40.1 Å². The van der Waals surface area contributed by atoms with E-state index in [4.69, 9.17) is 15.0 Å². The zero-order chi connectivity index (χ0) is 26.7. The molecule has 0 aliphatic rings. The topological polar surface area (TPSA) is 64.5 Å². The standard InChI is InChI=1S/C35H23N5/c1-3-7-26(8-4-1)33-38-34(27-9-5-2-6-10-27)40-35(39-33)28-15-11-24(12-16-28)29-17-13-25-14-18-30(22-31(25)21-29)32-19-20-36-23-37-32/h1-23H. The van der Waals surface area contributed by atoms with Gasteiger partial charge in [0.1, 0.15) is 6.33 Å². The molecule has 0 atom stereocenters. The van der Waals surface area contributed by atoms with E-state index in [0.29, 0.717) is 17.5 Å². The summed E-state index contributed by atoms with van der Waals surface area (Å²) in [6.45, 7) is 0. The van der Waals surface area contributed by atoms with Crippen LogP contribution in [0.15, 0.2) is 140 Å². The van der Waals surface area contributed by atoms with Gasteiger partial charge in [0, 0.05) is 28.5 Å². The molecule has 0 fully saturated rings. The van der Waals surface area contributed by atoms with Gasteiger partial charge in [-0.2, -0.15) is 0 Å². The Morgan fingerprint density at radius 2 is 0.875 bits per heavy atom. The molecule has 0 unspecified atom stereocenters. The summed E-state index contributed by atoms with van der Waals surface area (Å²) in [5.41, 5.74) is 7.10. The maximum absolute atomic E-state index is 4.85. The molecular formula is C35H23N5. The molecule has 0 radical (unpaired) electrons. The van der Waals surface area contributed by atoms with Crippen molar-refractivity contribution < 1.29 is 0 Å². The average Bonchev–Trinajstić information content (AvgIpc) is 3.05. The Hall–Kier alpha value is -5.55.